The van der Waals surface area contributed by atoms with E-state index in [9.17, 15) is 4.79 Å². The van der Waals surface area contributed by atoms with Crippen LogP contribution < -0.4 is 20.7 Å². The lowest BCUT2D eigenvalue weighted by Crippen LogP contribution is -2.38. The molecule has 0 aromatic heterocycles. The van der Waals surface area contributed by atoms with E-state index in [1.807, 2.05) is 44.9 Å². The number of ether oxygens (including phenoxy) is 1. The van der Waals surface area contributed by atoms with Gasteiger partial charge in [-0.15, -0.1) is 0 Å². The summed E-state index contributed by atoms with van der Waals surface area (Å²) in [5, 5.41) is 2.85. The predicted octanol–water partition coefficient (Wildman–Crippen LogP) is 1.63. The zero-order chi connectivity index (χ0) is 14.4. The number of hydrogen-bond acceptors (Lipinski definition) is 4. The minimum atomic E-state index is -0.0158. The fourth-order valence-electron chi connectivity index (χ4n) is 1.75. The van der Waals surface area contributed by atoms with Crippen molar-refractivity contribution >= 4 is 17.3 Å². The molecule has 5 heteroatoms. The molecular formula is C14H23N3O2. The van der Waals surface area contributed by atoms with E-state index in [0.717, 1.165) is 5.69 Å². The number of carbonyl (C=O) groups excluding carboxylic acids is 1. The lowest BCUT2D eigenvalue weighted by molar-refractivity contribution is -0.120. The molecule has 0 atom stereocenters. The maximum absolute atomic E-state index is 11.7. The van der Waals surface area contributed by atoms with Gasteiger partial charge in [-0.1, -0.05) is 0 Å². The smallest absolute Gasteiger partial charge is 0.239 e. The highest BCUT2D eigenvalue weighted by Gasteiger charge is 2.10. The lowest BCUT2D eigenvalue weighted by atomic mass is 10.2. The van der Waals surface area contributed by atoms with E-state index >= 15 is 0 Å². The zero-order valence-corrected chi connectivity index (χ0v) is 12.1. The number of amides is 1. The van der Waals surface area contributed by atoms with E-state index in [0.29, 0.717) is 18.0 Å². The third-order valence-corrected chi connectivity index (χ3v) is 2.50. The number of nitrogen functional groups attached to an aromatic ring is 1. The van der Waals surface area contributed by atoms with E-state index in [1.165, 1.54) is 0 Å². The molecule has 1 rings (SSSR count). The van der Waals surface area contributed by atoms with E-state index in [2.05, 4.69) is 5.32 Å². The Kier molecular flexibility index (Phi) is 5.48. The summed E-state index contributed by atoms with van der Waals surface area (Å²) >= 11 is 0. The minimum absolute atomic E-state index is 0.0158. The number of likely N-dealkylation sites (N-methyl/N-ethyl adjacent to an activating group) is 1. The molecule has 0 fully saturated rings. The topological polar surface area (TPSA) is 67.6 Å². The van der Waals surface area contributed by atoms with Crippen molar-refractivity contribution in [1.82, 2.24) is 5.32 Å². The van der Waals surface area contributed by atoms with Gasteiger partial charge in [0.1, 0.15) is 5.75 Å². The van der Waals surface area contributed by atoms with Crippen LogP contribution in [0.2, 0.25) is 0 Å². The Morgan fingerprint density at radius 1 is 1.42 bits per heavy atom. The SMILES string of the molecule is CCOc1cc(N)cc(N(C)CC(=O)NC(C)C)c1. The third-order valence-electron chi connectivity index (χ3n) is 2.50. The van der Waals surface area contributed by atoms with Gasteiger partial charge in [0.05, 0.1) is 13.2 Å². The second kappa shape index (κ2) is 6.87. The Bertz CT molecular complexity index is 433. The van der Waals surface area contributed by atoms with E-state index in [-0.39, 0.29) is 18.5 Å². The average Bonchev–Trinajstić information content (AvgIpc) is 2.27. The lowest BCUT2D eigenvalue weighted by Gasteiger charge is -2.21. The fraction of sp³-hybridized carbons (Fsp3) is 0.500. The van der Waals surface area contributed by atoms with E-state index in [1.54, 1.807) is 6.07 Å². The van der Waals surface area contributed by atoms with Crippen LogP contribution in [0.5, 0.6) is 5.75 Å². The Morgan fingerprint density at radius 2 is 2.11 bits per heavy atom. The summed E-state index contributed by atoms with van der Waals surface area (Å²) in [5.74, 6) is 0.700. The first-order chi connectivity index (χ1) is 8.92. The van der Waals surface area contributed by atoms with Crippen LogP contribution in [0.15, 0.2) is 18.2 Å². The molecule has 5 nitrogen and oxygen atoms in total. The number of hydrogen-bond donors (Lipinski definition) is 2. The summed E-state index contributed by atoms with van der Waals surface area (Å²) in [4.78, 5) is 13.6. The molecule has 0 aliphatic carbocycles. The van der Waals surface area contributed by atoms with Crippen molar-refractivity contribution in [3.63, 3.8) is 0 Å². The highest BCUT2D eigenvalue weighted by molar-refractivity contribution is 5.81. The van der Waals surface area contributed by atoms with Crippen LogP contribution in [0.25, 0.3) is 0 Å². The molecule has 1 aromatic rings. The molecule has 0 spiro atoms. The van der Waals surface area contributed by atoms with Crippen LogP contribution in [-0.2, 0) is 4.79 Å². The summed E-state index contributed by atoms with van der Waals surface area (Å²) in [6.07, 6.45) is 0. The van der Waals surface area contributed by atoms with Crippen LogP contribution >= 0.6 is 0 Å². The monoisotopic (exact) mass is 265 g/mol. The summed E-state index contributed by atoms with van der Waals surface area (Å²) in [6, 6.07) is 5.61. The highest BCUT2D eigenvalue weighted by Crippen LogP contribution is 2.24. The molecule has 0 unspecified atom stereocenters. The Morgan fingerprint density at radius 3 is 2.68 bits per heavy atom. The predicted molar refractivity (Wildman–Crippen MR) is 78.6 cm³/mol. The van der Waals surface area contributed by atoms with Gasteiger partial charge in [0, 0.05) is 36.6 Å². The van der Waals surface area contributed by atoms with Crippen molar-refractivity contribution in [3.8, 4) is 5.75 Å². The van der Waals surface area contributed by atoms with E-state index < -0.39 is 0 Å². The molecule has 1 amide bonds. The molecule has 0 radical (unpaired) electrons. The molecule has 0 saturated heterocycles. The van der Waals surface area contributed by atoms with Gasteiger partial charge in [0.2, 0.25) is 5.91 Å². The Hall–Kier alpha value is -1.91. The second-order valence-electron chi connectivity index (χ2n) is 4.77. The number of carbonyl (C=O) groups is 1. The molecule has 0 aliphatic rings. The number of nitrogens with two attached hydrogens (primary N) is 1. The largest absolute Gasteiger partial charge is 0.494 e. The first-order valence-electron chi connectivity index (χ1n) is 6.46. The van der Waals surface area contributed by atoms with Gasteiger partial charge in [-0.3, -0.25) is 4.79 Å². The quantitative estimate of drug-likeness (QED) is 0.767. The standard InChI is InChI=1S/C14H23N3O2/c1-5-19-13-7-11(15)6-12(8-13)17(4)9-14(18)16-10(2)3/h6-8,10H,5,9,15H2,1-4H3,(H,16,18). The number of anilines is 2. The molecular weight excluding hydrogens is 242 g/mol. The highest BCUT2D eigenvalue weighted by atomic mass is 16.5. The number of nitrogens with one attached hydrogen (secondary N) is 1. The Balaban J connectivity index is 2.75. The number of rotatable bonds is 6. The van der Waals surface area contributed by atoms with Crippen LogP contribution in [0.3, 0.4) is 0 Å². The van der Waals surface area contributed by atoms with Gasteiger partial charge in [-0.25, -0.2) is 0 Å². The van der Waals surface area contributed by atoms with Gasteiger partial charge in [0.25, 0.3) is 0 Å². The summed E-state index contributed by atoms with van der Waals surface area (Å²) in [5.41, 5.74) is 7.32. The average molecular weight is 265 g/mol. The summed E-state index contributed by atoms with van der Waals surface area (Å²) in [7, 11) is 1.85. The van der Waals surface area contributed by atoms with Gasteiger partial charge >= 0.3 is 0 Å². The van der Waals surface area contributed by atoms with Crippen LogP contribution in [-0.4, -0.2) is 32.1 Å². The van der Waals surface area contributed by atoms with Gasteiger partial charge < -0.3 is 20.7 Å². The van der Waals surface area contributed by atoms with Crippen molar-refractivity contribution < 1.29 is 9.53 Å². The second-order valence-corrected chi connectivity index (χ2v) is 4.77. The van der Waals surface area contributed by atoms with Gasteiger partial charge in [0.15, 0.2) is 0 Å². The first-order valence-corrected chi connectivity index (χ1v) is 6.46. The molecule has 0 bridgehead atoms. The maximum atomic E-state index is 11.7. The molecule has 0 saturated carbocycles. The molecule has 0 aliphatic heterocycles. The van der Waals surface area contributed by atoms with Gasteiger partial charge in [-0.05, 0) is 26.8 Å². The molecule has 19 heavy (non-hydrogen) atoms. The molecule has 1 aromatic carbocycles. The van der Waals surface area contributed by atoms with Crippen molar-refractivity contribution in [2.75, 3.05) is 30.8 Å². The molecule has 106 valence electrons. The first kappa shape index (κ1) is 15.1. The van der Waals surface area contributed by atoms with Gasteiger partial charge in [-0.2, -0.15) is 0 Å². The maximum Gasteiger partial charge on any atom is 0.239 e. The van der Waals surface area contributed by atoms with E-state index in [4.69, 9.17) is 10.5 Å². The van der Waals surface area contributed by atoms with Crippen molar-refractivity contribution in [2.24, 2.45) is 0 Å². The fourth-order valence-corrected chi connectivity index (χ4v) is 1.75. The normalized spacial score (nSPS) is 10.4. The third kappa shape index (κ3) is 5.07. The van der Waals surface area contributed by atoms with Crippen molar-refractivity contribution in [3.05, 3.63) is 18.2 Å². The Labute approximate surface area is 114 Å². The van der Waals surface area contributed by atoms with Crippen molar-refractivity contribution in [2.45, 2.75) is 26.8 Å². The van der Waals surface area contributed by atoms with Crippen LogP contribution in [0.4, 0.5) is 11.4 Å². The van der Waals surface area contributed by atoms with Crippen LogP contribution in [0.1, 0.15) is 20.8 Å². The molecule has 3 N–H and O–H groups in total. The van der Waals surface area contributed by atoms with Crippen molar-refractivity contribution in [1.29, 1.82) is 0 Å². The van der Waals surface area contributed by atoms with Crippen LogP contribution in [0, 0.1) is 0 Å². The molecule has 0 heterocycles. The number of benzene rings is 1. The zero-order valence-electron chi connectivity index (χ0n) is 12.1. The minimum Gasteiger partial charge on any atom is -0.494 e. The number of nitrogens with zero attached hydrogens (tertiary/aromatic N) is 1. The summed E-state index contributed by atoms with van der Waals surface area (Å²) in [6.45, 7) is 6.66. The summed E-state index contributed by atoms with van der Waals surface area (Å²) < 4.78 is 5.44.